The number of hydrogen-bond donors (Lipinski definition) is 2. The summed E-state index contributed by atoms with van der Waals surface area (Å²) >= 11 is 0. The fraction of sp³-hybridized carbons (Fsp3) is 0.432. The van der Waals surface area contributed by atoms with Crippen LogP contribution in [0.5, 0.6) is 0 Å². The van der Waals surface area contributed by atoms with Crippen LogP contribution < -0.4 is 5.32 Å². The average molecular weight is 672 g/mol. The van der Waals surface area contributed by atoms with Crippen LogP contribution in [0.4, 0.5) is 4.79 Å². The van der Waals surface area contributed by atoms with Gasteiger partial charge in [-0.15, -0.1) is 15.0 Å². The fourth-order valence-corrected chi connectivity index (χ4v) is 6.45. The molecule has 3 unspecified atom stereocenters. The Hall–Kier alpha value is -4.35. The number of amides is 1. The molecule has 4 rings (SSSR count). The number of nitrogens with one attached hydrogen (secondary N) is 1. The molecule has 256 valence electrons. The first kappa shape index (κ1) is 36.5. The minimum Gasteiger partial charge on any atom is -0.481 e. The molecule has 1 amide bonds. The van der Waals surface area contributed by atoms with E-state index in [1.165, 1.54) is 4.80 Å². The van der Waals surface area contributed by atoms with Gasteiger partial charge < -0.3 is 19.6 Å². The SMILES string of the molecule is CC(C)(C)OC(=O)NC(Cc1ccccc1)C(CC(Cc1ccc(-c2nnn(-c3ccccc3)n2)cc1)C(=O)O)O[Si](C)(C)C(C)(C)C. The molecule has 0 aliphatic rings. The Morgan fingerprint density at radius 2 is 1.44 bits per heavy atom. The van der Waals surface area contributed by atoms with E-state index >= 15 is 0 Å². The van der Waals surface area contributed by atoms with Crippen molar-refractivity contribution in [2.45, 2.75) is 96.7 Å². The van der Waals surface area contributed by atoms with Gasteiger partial charge in [0.25, 0.3) is 0 Å². The Labute approximate surface area is 285 Å². The van der Waals surface area contributed by atoms with E-state index in [0.29, 0.717) is 12.2 Å². The zero-order valence-corrected chi connectivity index (χ0v) is 30.3. The third-order valence-electron chi connectivity index (χ3n) is 8.66. The van der Waals surface area contributed by atoms with Crippen LogP contribution in [0.3, 0.4) is 0 Å². The first-order valence-electron chi connectivity index (χ1n) is 16.4. The van der Waals surface area contributed by atoms with Crippen molar-refractivity contribution in [2.24, 2.45) is 5.92 Å². The molecule has 0 bridgehead atoms. The van der Waals surface area contributed by atoms with E-state index < -0.39 is 44.0 Å². The number of benzene rings is 3. The molecule has 0 radical (unpaired) electrons. The van der Waals surface area contributed by atoms with Crippen LogP contribution >= 0.6 is 0 Å². The molecule has 4 aromatic rings. The quantitative estimate of drug-likeness (QED) is 0.140. The minimum absolute atomic E-state index is 0.139. The Morgan fingerprint density at radius 1 is 0.854 bits per heavy atom. The second-order valence-corrected chi connectivity index (χ2v) is 19.5. The molecule has 10 nitrogen and oxygen atoms in total. The van der Waals surface area contributed by atoms with Crippen LogP contribution in [0, 0.1) is 5.92 Å². The molecule has 3 atom stereocenters. The Morgan fingerprint density at radius 3 is 2.00 bits per heavy atom. The molecule has 11 heteroatoms. The molecule has 3 aromatic carbocycles. The number of alkyl carbamates (subject to hydrolysis) is 1. The lowest BCUT2D eigenvalue weighted by Crippen LogP contribution is -2.54. The van der Waals surface area contributed by atoms with Gasteiger partial charge in [0.1, 0.15) is 5.60 Å². The topological polar surface area (TPSA) is 128 Å². The maximum atomic E-state index is 13.2. The largest absolute Gasteiger partial charge is 0.481 e. The number of nitrogens with zero attached hydrogens (tertiary/aromatic N) is 4. The molecule has 1 aromatic heterocycles. The number of hydrogen-bond acceptors (Lipinski definition) is 7. The Balaban J connectivity index is 1.60. The van der Waals surface area contributed by atoms with Crippen molar-refractivity contribution in [3.63, 3.8) is 0 Å². The van der Waals surface area contributed by atoms with E-state index in [9.17, 15) is 14.7 Å². The lowest BCUT2D eigenvalue weighted by molar-refractivity contribution is -0.142. The summed E-state index contributed by atoms with van der Waals surface area (Å²) in [5, 5.41) is 26.3. The van der Waals surface area contributed by atoms with Crippen LogP contribution in [0.2, 0.25) is 18.1 Å². The van der Waals surface area contributed by atoms with Crippen LogP contribution in [-0.2, 0) is 26.8 Å². The number of aliphatic carboxylic acids is 1. The van der Waals surface area contributed by atoms with Gasteiger partial charge in [0, 0.05) is 5.56 Å². The predicted molar refractivity (Wildman–Crippen MR) is 189 cm³/mol. The Kier molecular flexibility index (Phi) is 11.6. The number of aromatic nitrogens is 4. The molecule has 0 fully saturated rings. The number of carbonyl (C=O) groups excluding carboxylic acids is 1. The van der Waals surface area contributed by atoms with Crippen molar-refractivity contribution in [3.05, 3.63) is 96.1 Å². The van der Waals surface area contributed by atoms with Crippen LogP contribution in [0.15, 0.2) is 84.9 Å². The van der Waals surface area contributed by atoms with E-state index in [-0.39, 0.29) is 17.9 Å². The fourth-order valence-electron chi connectivity index (χ4n) is 5.08. The van der Waals surface area contributed by atoms with Crippen molar-refractivity contribution >= 4 is 20.4 Å². The number of tetrazole rings is 1. The predicted octanol–water partition coefficient (Wildman–Crippen LogP) is 7.49. The number of ether oxygens (including phenoxy) is 1. The monoisotopic (exact) mass is 671 g/mol. The third kappa shape index (κ3) is 10.3. The normalized spacial score (nSPS) is 14.2. The highest BCUT2D eigenvalue weighted by Gasteiger charge is 2.42. The van der Waals surface area contributed by atoms with Gasteiger partial charge in [-0.05, 0) is 86.6 Å². The molecule has 0 spiro atoms. The van der Waals surface area contributed by atoms with Gasteiger partial charge in [-0.3, -0.25) is 4.79 Å². The summed E-state index contributed by atoms with van der Waals surface area (Å²) in [7, 11) is -2.41. The molecular weight excluding hydrogens is 623 g/mol. The van der Waals surface area contributed by atoms with E-state index in [0.717, 1.165) is 22.4 Å². The first-order chi connectivity index (χ1) is 22.5. The summed E-state index contributed by atoms with van der Waals surface area (Å²) < 4.78 is 12.6. The maximum absolute atomic E-state index is 13.2. The van der Waals surface area contributed by atoms with Crippen LogP contribution in [0.25, 0.3) is 17.1 Å². The van der Waals surface area contributed by atoms with Crippen molar-refractivity contribution in [1.82, 2.24) is 25.5 Å². The smallest absolute Gasteiger partial charge is 0.407 e. The van der Waals surface area contributed by atoms with Crippen molar-refractivity contribution in [1.29, 1.82) is 0 Å². The molecule has 0 aliphatic carbocycles. The first-order valence-corrected chi connectivity index (χ1v) is 19.3. The van der Waals surface area contributed by atoms with Gasteiger partial charge in [0.05, 0.1) is 23.8 Å². The molecule has 0 saturated carbocycles. The lowest BCUT2D eigenvalue weighted by atomic mass is 9.89. The standard InChI is InChI=1S/C37H49N5O5Si/c1-36(2,3)46-35(45)38-31(24-26-15-11-9-12-16-26)32(47-48(7,8)37(4,5)6)25-29(34(43)44)23-27-19-21-28(22-20-27)33-39-41-42(40-33)30-17-13-10-14-18-30/h9-22,29,31-32H,23-25H2,1-8H3,(H,38,45)(H,43,44). The average Bonchev–Trinajstić information content (AvgIpc) is 3.50. The van der Waals surface area contributed by atoms with Gasteiger partial charge >= 0.3 is 12.1 Å². The van der Waals surface area contributed by atoms with E-state index in [2.05, 4.69) is 54.6 Å². The number of carboxylic acids is 1. The number of carboxylic acid groups (broad SMARTS) is 1. The molecule has 0 aliphatic heterocycles. The molecule has 1 heterocycles. The Bertz CT molecular complexity index is 1630. The number of rotatable bonds is 13. The summed E-state index contributed by atoms with van der Waals surface area (Å²) in [6.45, 7) is 16.2. The van der Waals surface area contributed by atoms with E-state index in [1.807, 2.05) is 106 Å². The third-order valence-corrected chi connectivity index (χ3v) is 13.2. The van der Waals surface area contributed by atoms with E-state index in [4.69, 9.17) is 9.16 Å². The summed E-state index contributed by atoms with van der Waals surface area (Å²) in [6.07, 6.45) is -0.216. The maximum Gasteiger partial charge on any atom is 0.407 e. The van der Waals surface area contributed by atoms with Gasteiger partial charge in [-0.1, -0.05) is 93.6 Å². The second-order valence-electron chi connectivity index (χ2n) is 14.8. The minimum atomic E-state index is -2.41. The summed E-state index contributed by atoms with van der Waals surface area (Å²) in [5.74, 6) is -1.23. The number of para-hydroxylation sites is 1. The van der Waals surface area contributed by atoms with Gasteiger partial charge in [-0.25, -0.2) is 4.79 Å². The zero-order valence-electron chi connectivity index (χ0n) is 29.3. The molecule has 48 heavy (non-hydrogen) atoms. The second kappa shape index (κ2) is 15.2. The highest BCUT2D eigenvalue weighted by atomic mass is 28.4. The highest BCUT2D eigenvalue weighted by Crippen LogP contribution is 2.39. The molecule has 2 N–H and O–H groups in total. The highest BCUT2D eigenvalue weighted by molar-refractivity contribution is 6.74. The summed E-state index contributed by atoms with van der Waals surface area (Å²) in [6, 6.07) is 26.4. The summed E-state index contributed by atoms with van der Waals surface area (Å²) in [5.41, 5.74) is 2.74. The lowest BCUT2D eigenvalue weighted by Gasteiger charge is -2.42. The van der Waals surface area contributed by atoms with Gasteiger partial charge in [0.2, 0.25) is 5.82 Å². The molecular formula is C37H49N5O5Si. The number of carbonyl (C=O) groups is 2. The zero-order chi connectivity index (χ0) is 35.1. The van der Waals surface area contributed by atoms with Gasteiger partial charge in [-0.2, -0.15) is 0 Å². The van der Waals surface area contributed by atoms with Crippen molar-refractivity contribution < 1.29 is 23.9 Å². The van der Waals surface area contributed by atoms with Crippen LogP contribution in [-0.4, -0.2) is 63.4 Å². The van der Waals surface area contributed by atoms with Crippen LogP contribution in [0.1, 0.15) is 59.1 Å². The van der Waals surface area contributed by atoms with E-state index in [1.54, 1.807) is 0 Å². The van der Waals surface area contributed by atoms with Gasteiger partial charge in [0.15, 0.2) is 8.32 Å². The summed E-state index contributed by atoms with van der Waals surface area (Å²) in [4.78, 5) is 27.5. The van der Waals surface area contributed by atoms with Crippen molar-refractivity contribution in [3.8, 4) is 17.1 Å². The molecule has 0 saturated heterocycles. The van der Waals surface area contributed by atoms with Crippen molar-refractivity contribution in [2.75, 3.05) is 0 Å².